The summed E-state index contributed by atoms with van der Waals surface area (Å²) in [4.78, 5) is 29.4. The van der Waals surface area contributed by atoms with Crippen molar-refractivity contribution in [2.24, 2.45) is 0 Å². The predicted octanol–water partition coefficient (Wildman–Crippen LogP) is 3.94. The highest BCUT2D eigenvalue weighted by atomic mass is 35.5. The highest BCUT2D eigenvalue weighted by Crippen LogP contribution is 2.26. The Balaban J connectivity index is 1.42. The third-order valence-electron chi connectivity index (χ3n) is 4.73. The van der Waals surface area contributed by atoms with Gasteiger partial charge in [-0.25, -0.2) is 4.90 Å². The first kappa shape index (κ1) is 18.0. The van der Waals surface area contributed by atoms with Gasteiger partial charge in [-0.15, -0.1) is 0 Å². The number of halogens is 2. The zero-order valence-electron chi connectivity index (χ0n) is 14.3. The van der Waals surface area contributed by atoms with Crippen LogP contribution in [0.4, 0.5) is 5.69 Å². The number of benzene rings is 2. The predicted molar refractivity (Wildman–Crippen MR) is 107 cm³/mol. The van der Waals surface area contributed by atoms with E-state index in [9.17, 15) is 9.59 Å². The Labute approximate surface area is 166 Å². The molecule has 5 nitrogen and oxygen atoms in total. The number of rotatable bonds is 5. The summed E-state index contributed by atoms with van der Waals surface area (Å²) in [6.07, 6.45) is 2.81. The monoisotopic (exact) mass is 401 g/mol. The van der Waals surface area contributed by atoms with Crippen molar-refractivity contribution in [2.75, 3.05) is 11.4 Å². The molecule has 0 radical (unpaired) electrons. The van der Waals surface area contributed by atoms with Crippen LogP contribution in [-0.2, 0) is 16.0 Å². The Bertz CT molecular complexity index is 1030. The molecule has 4 rings (SSSR count). The average molecular weight is 402 g/mol. The lowest BCUT2D eigenvalue weighted by atomic mass is 10.1. The van der Waals surface area contributed by atoms with Gasteiger partial charge in [-0.05, 0) is 48.4 Å². The zero-order chi connectivity index (χ0) is 19.0. The lowest BCUT2D eigenvalue weighted by molar-refractivity contribution is -0.121. The van der Waals surface area contributed by atoms with E-state index in [-0.39, 0.29) is 18.2 Å². The first-order chi connectivity index (χ1) is 13.0. The van der Waals surface area contributed by atoms with E-state index in [2.05, 4.69) is 10.3 Å². The molecule has 0 saturated carbocycles. The molecule has 2 aromatic carbocycles. The molecule has 0 spiro atoms. The fourth-order valence-electron chi connectivity index (χ4n) is 3.42. The average Bonchev–Trinajstić information content (AvgIpc) is 3.15. The minimum Gasteiger partial charge on any atom is -0.361 e. The second-order valence-electron chi connectivity index (χ2n) is 6.51. The molecule has 1 aliphatic heterocycles. The molecular formula is C20H17Cl2N3O2. The molecule has 1 saturated heterocycles. The number of hydrogen-bond donors (Lipinski definition) is 2. The van der Waals surface area contributed by atoms with E-state index in [1.165, 1.54) is 4.90 Å². The molecule has 0 bridgehead atoms. The topological polar surface area (TPSA) is 65.2 Å². The Morgan fingerprint density at radius 1 is 1.11 bits per heavy atom. The maximum atomic E-state index is 12.7. The smallest absolute Gasteiger partial charge is 0.251 e. The van der Waals surface area contributed by atoms with Crippen molar-refractivity contribution in [3.63, 3.8) is 0 Å². The van der Waals surface area contributed by atoms with Gasteiger partial charge in [0.25, 0.3) is 5.91 Å². The number of carbonyl (C=O) groups excluding carboxylic acids is 2. The summed E-state index contributed by atoms with van der Waals surface area (Å²) in [6.45, 7) is 0.576. The second-order valence-corrected chi connectivity index (χ2v) is 7.38. The molecule has 1 atom stereocenters. The minimum absolute atomic E-state index is 0.144. The minimum atomic E-state index is -0.523. The van der Waals surface area contributed by atoms with E-state index < -0.39 is 6.04 Å². The van der Waals surface area contributed by atoms with E-state index in [0.29, 0.717) is 22.3 Å². The van der Waals surface area contributed by atoms with Crippen molar-refractivity contribution in [1.29, 1.82) is 0 Å². The molecule has 2 amide bonds. The third kappa shape index (κ3) is 3.58. The van der Waals surface area contributed by atoms with E-state index in [1.807, 2.05) is 24.4 Å². The maximum Gasteiger partial charge on any atom is 0.251 e. The van der Waals surface area contributed by atoms with Crippen LogP contribution in [0.25, 0.3) is 10.9 Å². The van der Waals surface area contributed by atoms with Crippen molar-refractivity contribution in [1.82, 2.24) is 10.3 Å². The number of H-pyrrole nitrogens is 1. The Morgan fingerprint density at radius 3 is 2.74 bits per heavy atom. The third-order valence-corrected chi connectivity index (χ3v) is 5.20. The number of nitrogens with zero attached hydrogens (tertiary/aromatic N) is 1. The van der Waals surface area contributed by atoms with Crippen molar-refractivity contribution in [3.8, 4) is 0 Å². The Kier molecular flexibility index (Phi) is 4.91. The molecule has 138 valence electrons. The van der Waals surface area contributed by atoms with Gasteiger partial charge in [-0.3, -0.25) is 9.59 Å². The van der Waals surface area contributed by atoms with Gasteiger partial charge < -0.3 is 10.3 Å². The van der Waals surface area contributed by atoms with Gasteiger partial charge in [0.1, 0.15) is 0 Å². The summed E-state index contributed by atoms with van der Waals surface area (Å²) in [6, 6.07) is 11.9. The Morgan fingerprint density at radius 2 is 1.93 bits per heavy atom. The van der Waals surface area contributed by atoms with Crippen LogP contribution in [0.1, 0.15) is 12.0 Å². The van der Waals surface area contributed by atoms with Crippen LogP contribution in [0.3, 0.4) is 0 Å². The van der Waals surface area contributed by atoms with Crippen molar-refractivity contribution < 1.29 is 9.59 Å². The molecule has 1 fully saturated rings. The van der Waals surface area contributed by atoms with Gasteiger partial charge in [-0.1, -0.05) is 29.3 Å². The number of amides is 2. The summed E-state index contributed by atoms with van der Waals surface area (Å²) in [7, 11) is 0. The van der Waals surface area contributed by atoms with Crippen LogP contribution in [-0.4, -0.2) is 29.4 Å². The van der Waals surface area contributed by atoms with E-state index in [1.54, 1.807) is 24.3 Å². The number of anilines is 1. The van der Waals surface area contributed by atoms with Gasteiger partial charge in [0, 0.05) is 33.7 Å². The molecule has 2 N–H and O–H groups in total. The number of hydrogen-bond acceptors (Lipinski definition) is 3. The number of nitrogens with one attached hydrogen (secondary N) is 2. The van der Waals surface area contributed by atoms with Crippen LogP contribution in [0.15, 0.2) is 48.7 Å². The largest absolute Gasteiger partial charge is 0.361 e. The maximum absolute atomic E-state index is 12.7. The van der Waals surface area contributed by atoms with Crippen LogP contribution in [0, 0.1) is 0 Å². The molecule has 0 aliphatic carbocycles. The SMILES string of the molecule is O=C1C[C@H](NCCc2c[nH]c3ccc(Cl)cc23)C(=O)N1c1cccc(Cl)c1. The fourth-order valence-corrected chi connectivity index (χ4v) is 3.77. The van der Waals surface area contributed by atoms with E-state index in [0.717, 1.165) is 22.9 Å². The molecule has 1 aromatic heterocycles. The molecule has 27 heavy (non-hydrogen) atoms. The second kappa shape index (κ2) is 7.35. The lowest BCUT2D eigenvalue weighted by Crippen LogP contribution is -2.39. The summed E-state index contributed by atoms with van der Waals surface area (Å²) in [5.41, 5.74) is 2.64. The van der Waals surface area contributed by atoms with Crippen LogP contribution >= 0.6 is 23.2 Å². The summed E-state index contributed by atoms with van der Waals surface area (Å²) >= 11 is 12.1. The molecule has 2 heterocycles. The van der Waals surface area contributed by atoms with Crippen LogP contribution in [0.2, 0.25) is 10.0 Å². The van der Waals surface area contributed by atoms with Crippen molar-refractivity contribution in [2.45, 2.75) is 18.9 Å². The van der Waals surface area contributed by atoms with E-state index >= 15 is 0 Å². The highest BCUT2D eigenvalue weighted by molar-refractivity contribution is 6.31. The number of carbonyl (C=O) groups is 2. The molecule has 1 aliphatic rings. The van der Waals surface area contributed by atoms with E-state index in [4.69, 9.17) is 23.2 Å². The highest BCUT2D eigenvalue weighted by Gasteiger charge is 2.39. The first-order valence-electron chi connectivity index (χ1n) is 8.64. The van der Waals surface area contributed by atoms with Crippen LogP contribution in [0.5, 0.6) is 0 Å². The molecule has 7 heteroatoms. The van der Waals surface area contributed by atoms with Crippen molar-refractivity contribution in [3.05, 3.63) is 64.3 Å². The molecule has 3 aromatic rings. The van der Waals surface area contributed by atoms with Gasteiger partial charge in [0.05, 0.1) is 18.2 Å². The van der Waals surface area contributed by atoms with Crippen molar-refractivity contribution >= 4 is 51.6 Å². The summed E-state index contributed by atoms with van der Waals surface area (Å²) < 4.78 is 0. The number of fused-ring (bicyclic) bond motifs is 1. The summed E-state index contributed by atoms with van der Waals surface area (Å²) in [5.74, 6) is -0.470. The van der Waals surface area contributed by atoms with Gasteiger partial charge in [0.2, 0.25) is 5.91 Å². The van der Waals surface area contributed by atoms with Crippen LogP contribution < -0.4 is 10.2 Å². The number of imide groups is 1. The number of aromatic nitrogens is 1. The normalized spacial score (nSPS) is 17.3. The quantitative estimate of drug-likeness (QED) is 0.636. The van der Waals surface area contributed by atoms with Gasteiger partial charge >= 0.3 is 0 Å². The molecule has 0 unspecified atom stereocenters. The van der Waals surface area contributed by atoms with Gasteiger partial charge in [-0.2, -0.15) is 0 Å². The standard InChI is InChI=1S/C20H17Cl2N3O2/c21-13-2-1-3-15(8-13)25-19(26)10-18(20(25)27)23-7-6-12-11-24-17-5-4-14(22)9-16(12)17/h1-5,8-9,11,18,23-24H,6-7,10H2/t18-/m0/s1. The number of aromatic amines is 1. The zero-order valence-corrected chi connectivity index (χ0v) is 15.8. The van der Waals surface area contributed by atoms with Gasteiger partial charge in [0.15, 0.2) is 0 Å². The first-order valence-corrected chi connectivity index (χ1v) is 9.40. The summed E-state index contributed by atoms with van der Waals surface area (Å²) in [5, 5.41) is 5.44. The molecular weight excluding hydrogens is 385 g/mol. The fraction of sp³-hybridized carbons (Fsp3) is 0.200. The Hall–Kier alpha value is -2.34. The lowest BCUT2D eigenvalue weighted by Gasteiger charge is -2.15.